The van der Waals surface area contributed by atoms with Crippen molar-refractivity contribution in [1.82, 2.24) is 0 Å². The Bertz CT molecular complexity index is 336. The van der Waals surface area contributed by atoms with Crippen LogP contribution in [-0.4, -0.2) is 17.7 Å². The first kappa shape index (κ1) is 14.1. The molecule has 0 radical (unpaired) electrons. The SMILES string of the molecule is O=C(O)COc1ccc(Cl)cc1Cl.[H-].[Na+]. The van der Waals surface area contributed by atoms with E-state index < -0.39 is 12.6 Å². The smallest absolute Gasteiger partial charge is 1.00 e. The van der Waals surface area contributed by atoms with Crippen LogP contribution in [0.4, 0.5) is 0 Å². The van der Waals surface area contributed by atoms with E-state index in [-0.39, 0.29) is 31.0 Å². The fourth-order valence-corrected chi connectivity index (χ4v) is 1.19. The van der Waals surface area contributed by atoms with E-state index >= 15 is 0 Å². The van der Waals surface area contributed by atoms with Gasteiger partial charge in [0.1, 0.15) is 5.75 Å². The zero-order valence-electron chi connectivity index (χ0n) is 8.46. The third-order valence-corrected chi connectivity index (χ3v) is 1.78. The molecule has 6 heteroatoms. The molecule has 1 N–H and O–H groups in total. The van der Waals surface area contributed by atoms with E-state index in [1.807, 2.05) is 0 Å². The van der Waals surface area contributed by atoms with E-state index in [4.69, 9.17) is 33.0 Å². The monoisotopic (exact) mass is 244 g/mol. The molecule has 0 atom stereocenters. The fraction of sp³-hybridized carbons (Fsp3) is 0.125. The van der Waals surface area contributed by atoms with E-state index in [2.05, 4.69) is 0 Å². The second-order valence-corrected chi connectivity index (χ2v) is 3.10. The Kier molecular flexibility index (Phi) is 6.57. The van der Waals surface area contributed by atoms with Crippen LogP contribution in [-0.2, 0) is 4.79 Å². The van der Waals surface area contributed by atoms with E-state index in [1.165, 1.54) is 12.1 Å². The summed E-state index contributed by atoms with van der Waals surface area (Å²) in [7, 11) is 0. The summed E-state index contributed by atoms with van der Waals surface area (Å²) < 4.78 is 4.86. The summed E-state index contributed by atoms with van der Waals surface area (Å²) in [6.07, 6.45) is 0. The van der Waals surface area contributed by atoms with Crippen LogP contribution >= 0.6 is 23.2 Å². The van der Waals surface area contributed by atoms with Crippen molar-refractivity contribution in [3.05, 3.63) is 28.2 Å². The van der Waals surface area contributed by atoms with Crippen molar-refractivity contribution in [2.75, 3.05) is 6.61 Å². The van der Waals surface area contributed by atoms with Crippen LogP contribution in [0.2, 0.25) is 10.0 Å². The third kappa shape index (κ3) is 4.53. The predicted molar refractivity (Wildman–Crippen MR) is 50.7 cm³/mol. The molecule has 1 aromatic rings. The second-order valence-electron chi connectivity index (χ2n) is 2.26. The molecule has 0 saturated heterocycles. The molecule has 14 heavy (non-hydrogen) atoms. The molecule has 0 unspecified atom stereocenters. The topological polar surface area (TPSA) is 46.5 Å². The molecule has 0 amide bonds. The molecular weight excluding hydrogens is 238 g/mol. The molecule has 0 aliphatic carbocycles. The first-order chi connectivity index (χ1) is 6.09. The molecule has 3 nitrogen and oxygen atoms in total. The molecule has 0 aliphatic rings. The molecule has 0 aliphatic heterocycles. The molecule has 1 aromatic carbocycles. The number of carboxylic acid groups (broad SMARTS) is 1. The van der Waals surface area contributed by atoms with Crippen LogP contribution in [0.5, 0.6) is 5.75 Å². The Hall–Kier alpha value is 0.0700. The summed E-state index contributed by atoms with van der Waals surface area (Å²) in [5, 5.41) is 9.11. The summed E-state index contributed by atoms with van der Waals surface area (Å²) >= 11 is 11.3. The van der Waals surface area contributed by atoms with Gasteiger partial charge >= 0.3 is 35.5 Å². The van der Waals surface area contributed by atoms with Crippen molar-refractivity contribution in [3.8, 4) is 5.75 Å². The Labute approximate surface area is 115 Å². The Balaban J connectivity index is 0. The summed E-state index contributed by atoms with van der Waals surface area (Å²) in [4.78, 5) is 10.2. The van der Waals surface area contributed by atoms with Gasteiger partial charge in [-0.05, 0) is 18.2 Å². The van der Waals surface area contributed by atoms with Crippen LogP contribution in [0.3, 0.4) is 0 Å². The molecule has 0 saturated carbocycles. The van der Waals surface area contributed by atoms with Crippen LogP contribution in [0.15, 0.2) is 18.2 Å². The van der Waals surface area contributed by atoms with Gasteiger partial charge in [0.15, 0.2) is 6.61 Å². The van der Waals surface area contributed by atoms with Gasteiger partial charge in [-0.3, -0.25) is 0 Å². The molecule has 72 valence electrons. The zero-order valence-corrected chi connectivity index (χ0v) is 11.0. The van der Waals surface area contributed by atoms with Crippen molar-refractivity contribution in [2.24, 2.45) is 0 Å². The number of hydrogen-bond donors (Lipinski definition) is 1. The number of benzene rings is 1. The van der Waals surface area contributed by atoms with Gasteiger partial charge in [0, 0.05) is 5.02 Å². The van der Waals surface area contributed by atoms with Gasteiger partial charge in [0.25, 0.3) is 0 Å². The summed E-state index contributed by atoms with van der Waals surface area (Å²) in [6.45, 7) is -0.415. The normalized spacial score (nSPS) is 9.00. The molecule has 0 spiro atoms. The summed E-state index contributed by atoms with van der Waals surface area (Å²) in [6, 6.07) is 4.58. The van der Waals surface area contributed by atoms with Gasteiger partial charge in [-0.25, -0.2) is 4.79 Å². The number of halogens is 2. The van der Waals surface area contributed by atoms with Gasteiger partial charge in [-0.1, -0.05) is 23.2 Å². The number of carboxylic acids is 1. The van der Waals surface area contributed by atoms with E-state index in [0.29, 0.717) is 15.8 Å². The first-order valence-electron chi connectivity index (χ1n) is 3.39. The number of hydrogen-bond acceptors (Lipinski definition) is 2. The van der Waals surface area contributed by atoms with E-state index in [9.17, 15) is 4.79 Å². The minimum absolute atomic E-state index is 0. The van der Waals surface area contributed by atoms with Crippen molar-refractivity contribution >= 4 is 29.2 Å². The molecule has 0 heterocycles. The average molecular weight is 245 g/mol. The summed E-state index contributed by atoms with van der Waals surface area (Å²) in [5.41, 5.74) is 0. The van der Waals surface area contributed by atoms with Crippen molar-refractivity contribution in [2.45, 2.75) is 0 Å². The van der Waals surface area contributed by atoms with Gasteiger partial charge in [-0.2, -0.15) is 0 Å². The number of carbonyl (C=O) groups is 1. The number of ether oxygens (including phenoxy) is 1. The molecule has 0 fully saturated rings. The Morgan fingerprint density at radius 3 is 2.64 bits per heavy atom. The first-order valence-corrected chi connectivity index (χ1v) is 4.15. The number of aliphatic carboxylic acids is 1. The molecular formula is C8H7Cl2NaO3. The fourth-order valence-electron chi connectivity index (χ4n) is 0.732. The van der Waals surface area contributed by atoms with Crippen LogP contribution in [0.25, 0.3) is 0 Å². The summed E-state index contributed by atoms with van der Waals surface area (Å²) in [5.74, 6) is -0.737. The maximum absolute atomic E-state index is 10.2. The molecule has 0 aromatic heterocycles. The maximum Gasteiger partial charge on any atom is 1.00 e. The van der Waals surface area contributed by atoms with Crippen molar-refractivity contribution < 1.29 is 45.6 Å². The minimum Gasteiger partial charge on any atom is -1.00 e. The van der Waals surface area contributed by atoms with Crippen LogP contribution in [0, 0.1) is 0 Å². The Morgan fingerprint density at radius 2 is 2.14 bits per heavy atom. The van der Waals surface area contributed by atoms with E-state index in [1.54, 1.807) is 6.07 Å². The molecule has 0 bridgehead atoms. The zero-order chi connectivity index (χ0) is 9.84. The van der Waals surface area contributed by atoms with Gasteiger partial charge < -0.3 is 11.3 Å². The van der Waals surface area contributed by atoms with Crippen LogP contribution in [0.1, 0.15) is 1.43 Å². The van der Waals surface area contributed by atoms with Crippen LogP contribution < -0.4 is 34.3 Å². The van der Waals surface area contributed by atoms with Crippen molar-refractivity contribution in [1.29, 1.82) is 0 Å². The Morgan fingerprint density at radius 1 is 1.50 bits per heavy atom. The second kappa shape index (κ2) is 6.53. The molecule has 1 rings (SSSR count). The van der Waals surface area contributed by atoms with Gasteiger partial charge in [0.05, 0.1) is 5.02 Å². The predicted octanol–water partition coefficient (Wildman–Crippen LogP) is -0.427. The van der Waals surface area contributed by atoms with Gasteiger partial charge in [0.2, 0.25) is 0 Å². The average Bonchev–Trinajstić information content (AvgIpc) is 2.02. The minimum atomic E-state index is -1.05. The quantitative estimate of drug-likeness (QED) is 0.735. The third-order valence-electron chi connectivity index (χ3n) is 1.25. The largest absolute Gasteiger partial charge is 1.00 e. The van der Waals surface area contributed by atoms with Gasteiger partial charge in [-0.15, -0.1) is 0 Å². The van der Waals surface area contributed by atoms with E-state index in [0.717, 1.165) is 0 Å². The standard InChI is InChI=1S/C8H6Cl2O3.Na.H/c9-5-1-2-7(6(10)3-5)13-4-8(11)12;;/h1-3H,4H2,(H,11,12);;/q;+1;-1. The maximum atomic E-state index is 10.2. The number of rotatable bonds is 3. The van der Waals surface area contributed by atoms with Crippen molar-refractivity contribution in [3.63, 3.8) is 0 Å².